The molecule has 3 aromatic rings. The maximum Gasteiger partial charge on any atom is 0.159 e. The Morgan fingerprint density at radius 2 is 1.93 bits per heavy atom. The highest BCUT2D eigenvalue weighted by Gasteiger charge is 2.20. The predicted molar refractivity (Wildman–Crippen MR) is 106 cm³/mol. The molecule has 4 heteroatoms. The molecule has 0 radical (unpaired) electrons. The van der Waals surface area contributed by atoms with Crippen LogP contribution in [0.15, 0.2) is 48.7 Å². The number of benzene rings is 2. The van der Waals surface area contributed by atoms with E-state index < -0.39 is 0 Å². The Morgan fingerprint density at radius 1 is 1.04 bits per heavy atom. The highest BCUT2D eigenvalue weighted by atomic mass is 16.5. The third-order valence-electron chi connectivity index (χ3n) is 5.49. The number of aryl methyl sites for hydroxylation is 1. The minimum atomic E-state index is 0.814. The van der Waals surface area contributed by atoms with Gasteiger partial charge in [0.25, 0.3) is 0 Å². The summed E-state index contributed by atoms with van der Waals surface area (Å²) in [5, 5.41) is 0. The quantitative estimate of drug-likeness (QED) is 0.711. The van der Waals surface area contributed by atoms with E-state index in [0.717, 1.165) is 61.9 Å². The van der Waals surface area contributed by atoms with Gasteiger partial charge in [0.1, 0.15) is 5.75 Å². The van der Waals surface area contributed by atoms with E-state index in [9.17, 15) is 0 Å². The van der Waals surface area contributed by atoms with E-state index in [1.807, 2.05) is 6.20 Å². The molecule has 0 unspecified atom stereocenters. The van der Waals surface area contributed by atoms with E-state index in [4.69, 9.17) is 9.72 Å². The van der Waals surface area contributed by atoms with Crippen LogP contribution in [0.4, 0.5) is 0 Å². The van der Waals surface area contributed by atoms with Crippen molar-refractivity contribution in [3.05, 3.63) is 76.6 Å². The van der Waals surface area contributed by atoms with Crippen LogP contribution >= 0.6 is 0 Å². The summed E-state index contributed by atoms with van der Waals surface area (Å²) in [6.45, 7) is 5.80. The van der Waals surface area contributed by atoms with Crippen LogP contribution in [-0.2, 0) is 25.9 Å². The Kier molecular flexibility index (Phi) is 4.13. The molecular formula is C23H23N3O. The summed E-state index contributed by atoms with van der Waals surface area (Å²) < 4.78 is 5.62. The van der Waals surface area contributed by atoms with Crippen molar-refractivity contribution in [1.29, 1.82) is 0 Å². The first-order valence-electron chi connectivity index (χ1n) is 9.63. The first kappa shape index (κ1) is 16.5. The number of fused-ring (bicyclic) bond motifs is 2. The second-order valence-electron chi connectivity index (χ2n) is 7.53. The van der Waals surface area contributed by atoms with Crippen LogP contribution in [-0.4, -0.2) is 28.0 Å². The van der Waals surface area contributed by atoms with Crippen molar-refractivity contribution in [3.63, 3.8) is 0 Å². The van der Waals surface area contributed by atoms with Gasteiger partial charge in [-0.25, -0.2) is 9.97 Å². The second-order valence-corrected chi connectivity index (χ2v) is 7.53. The molecule has 5 rings (SSSR count). The van der Waals surface area contributed by atoms with Crippen molar-refractivity contribution in [1.82, 2.24) is 14.9 Å². The standard InChI is InChI=1S/C23H23N3O/c1-16-2-5-18(6-3-16)23-24-13-20-8-10-26(15-21(20)25-23)14-17-4-7-22-19(12-17)9-11-27-22/h2-7,12-13H,8-11,14-15H2,1H3. The van der Waals surface area contributed by atoms with Gasteiger partial charge in [-0.15, -0.1) is 0 Å². The summed E-state index contributed by atoms with van der Waals surface area (Å²) in [4.78, 5) is 12.0. The van der Waals surface area contributed by atoms with Crippen LogP contribution in [0.3, 0.4) is 0 Å². The molecule has 0 aliphatic carbocycles. The predicted octanol–water partition coefficient (Wildman–Crippen LogP) is 3.95. The molecule has 0 amide bonds. The minimum absolute atomic E-state index is 0.814. The molecule has 0 atom stereocenters. The van der Waals surface area contributed by atoms with Gasteiger partial charge in [-0.05, 0) is 36.1 Å². The fourth-order valence-electron chi connectivity index (χ4n) is 3.93. The molecule has 2 aliphatic heterocycles. The third kappa shape index (κ3) is 3.33. The second kappa shape index (κ2) is 6.78. The van der Waals surface area contributed by atoms with Crippen LogP contribution in [0.2, 0.25) is 0 Å². The lowest BCUT2D eigenvalue weighted by Crippen LogP contribution is -2.31. The molecular weight excluding hydrogens is 334 g/mol. The number of aromatic nitrogens is 2. The summed E-state index contributed by atoms with van der Waals surface area (Å²) >= 11 is 0. The molecule has 0 saturated heterocycles. The van der Waals surface area contributed by atoms with Crippen LogP contribution in [0, 0.1) is 6.92 Å². The lowest BCUT2D eigenvalue weighted by molar-refractivity contribution is 0.241. The largest absolute Gasteiger partial charge is 0.493 e. The summed E-state index contributed by atoms with van der Waals surface area (Å²) in [6, 6.07) is 15.0. The van der Waals surface area contributed by atoms with Gasteiger partial charge in [-0.3, -0.25) is 4.90 Å². The fraction of sp³-hybridized carbons (Fsp3) is 0.304. The van der Waals surface area contributed by atoms with Crippen molar-refractivity contribution in [2.75, 3.05) is 13.2 Å². The van der Waals surface area contributed by atoms with E-state index in [0.29, 0.717) is 0 Å². The molecule has 0 spiro atoms. The van der Waals surface area contributed by atoms with Crippen LogP contribution in [0.1, 0.15) is 27.9 Å². The SMILES string of the molecule is Cc1ccc(-c2ncc3c(n2)CN(Cc2ccc4c(c2)CCO4)CC3)cc1. The maximum absolute atomic E-state index is 5.62. The Morgan fingerprint density at radius 3 is 2.81 bits per heavy atom. The van der Waals surface area contributed by atoms with E-state index in [-0.39, 0.29) is 0 Å². The van der Waals surface area contributed by atoms with Crippen molar-refractivity contribution in [3.8, 4) is 17.1 Å². The molecule has 136 valence electrons. The summed E-state index contributed by atoms with van der Waals surface area (Å²) in [5.74, 6) is 1.88. The number of hydrogen-bond donors (Lipinski definition) is 0. The van der Waals surface area contributed by atoms with Gasteiger partial charge in [0.15, 0.2) is 5.82 Å². The highest BCUT2D eigenvalue weighted by molar-refractivity contribution is 5.55. The fourth-order valence-corrected chi connectivity index (χ4v) is 3.93. The van der Waals surface area contributed by atoms with Gasteiger partial charge in [-0.1, -0.05) is 42.0 Å². The number of ether oxygens (including phenoxy) is 1. The zero-order valence-electron chi connectivity index (χ0n) is 15.6. The molecule has 0 fully saturated rings. The zero-order valence-corrected chi connectivity index (χ0v) is 15.6. The number of rotatable bonds is 3. The van der Waals surface area contributed by atoms with Crippen LogP contribution < -0.4 is 4.74 Å². The van der Waals surface area contributed by atoms with E-state index in [2.05, 4.69) is 59.3 Å². The van der Waals surface area contributed by atoms with Gasteiger partial charge in [0.05, 0.1) is 12.3 Å². The molecule has 2 aliphatic rings. The van der Waals surface area contributed by atoms with Gasteiger partial charge in [0, 0.05) is 37.8 Å². The highest BCUT2D eigenvalue weighted by Crippen LogP contribution is 2.27. The molecule has 3 heterocycles. The zero-order chi connectivity index (χ0) is 18.2. The molecule has 4 nitrogen and oxygen atoms in total. The summed E-state index contributed by atoms with van der Waals surface area (Å²) in [7, 11) is 0. The molecule has 27 heavy (non-hydrogen) atoms. The maximum atomic E-state index is 5.62. The van der Waals surface area contributed by atoms with Crippen LogP contribution in [0.5, 0.6) is 5.75 Å². The van der Waals surface area contributed by atoms with Crippen molar-refractivity contribution >= 4 is 0 Å². The number of nitrogens with zero attached hydrogens (tertiary/aromatic N) is 3. The van der Waals surface area contributed by atoms with Gasteiger partial charge < -0.3 is 4.74 Å². The molecule has 0 N–H and O–H groups in total. The Hall–Kier alpha value is -2.72. The molecule has 0 saturated carbocycles. The van der Waals surface area contributed by atoms with Crippen molar-refractivity contribution in [2.45, 2.75) is 32.9 Å². The van der Waals surface area contributed by atoms with E-state index in [1.165, 1.54) is 22.3 Å². The normalized spacial score (nSPS) is 15.9. The van der Waals surface area contributed by atoms with E-state index in [1.54, 1.807) is 0 Å². The smallest absolute Gasteiger partial charge is 0.159 e. The molecule has 1 aromatic heterocycles. The first-order chi connectivity index (χ1) is 13.2. The lowest BCUT2D eigenvalue weighted by Gasteiger charge is -2.28. The molecule has 2 aromatic carbocycles. The van der Waals surface area contributed by atoms with Crippen LogP contribution in [0.25, 0.3) is 11.4 Å². The summed E-state index contributed by atoms with van der Waals surface area (Å²) in [5.41, 5.74) is 7.48. The number of hydrogen-bond acceptors (Lipinski definition) is 4. The topological polar surface area (TPSA) is 38.2 Å². The average molecular weight is 357 g/mol. The monoisotopic (exact) mass is 357 g/mol. The Bertz CT molecular complexity index is 981. The van der Waals surface area contributed by atoms with Gasteiger partial charge >= 0.3 is 0 Å². The lowest BCUT2D eigenvalue weighted by atomic mass is 10.0. The Labute approximate surface area is 159 Å². The van der Waals surface area contributed by atoms with Crippen molar-refractivity contribution < 1.29 is 4.74 Å². The summed E-state index contributed by atoms with van der Waals surface area (Å²) in [6.07, 6.45) is 4.05. The molecule has 0 bridgehead atoms. The van der Waals surface area contributed by atoms with Gasteiger partial charge in [-0.2, -0.15) is 0 Å². The minimum Gasteiger partial charge on any atom is -0.493 e. The Balaban J connectivity index is 1.35. The van der Waals surface area contributed by atoms with E-state index >= 15 is 0 Å². The van der Waals surface area contributed by atoms with Crippen molar-refractivity contribution in [2.24, 2.45) is 0 Å². The first-order valence-corrected chi connectivity index (χ1v) is 9.63. The third-order valence-corrected chi connectivity index (χ3v) is 5.49. The van der Waals surface area contributed by atoms with Gasteiger partial charge in [0.2, 0.25) is 0 Å². The average Bonchev–Trinajstić information content (AvgIpc) is 3.16.